The Morgan fingerprint density at radius 1 is 1.35 bits per heavy atom. The van der Waals surface area contributed by atoms with Crippen molar-refractivity contribution < 1.29 is 8.42 Å². The predicted molar refractivity (Wildman–Crippen MR) is 83.4 cm³/mol. The first kappa shape index (κ1) is 15.9. The Morgan fingerprint density at radius 2 is 2.10 bits per heavy atom. The summed E-state index contributed by atoms with van der Waals surface area (Å²) < 4.78 is 27.3. The smallest absolute Gasteiger partial charge is 0.250 e. The van der Waals surface area contributed by atoms with Crippen molar-refractivity contribution in [3.63, 3.8) is 0 Å². The molecule has 4 nitrogen and oxygen atoms in total. The van der Waals surface area contributed by atoms with E-state index in [-0.39, 0.29) is 0 Å². The minimum absolute atomic E-state index is 0.426. The van der Waals surface area contributed by atoms with E-state index in [4.69, 9.17) is 0 Å². The third kappa shape index (κ3) is 5.16. The second kappa shape index (κ2) is 7.02. The van der Waals surface area contributed by atoms with Crippen LogP contribution in [0.25, 0.3) is 0 Å². The molecule has 1 fully saturated rings. The molecular formula is C14H24N2O2S2. The SMILES string of the molecule is CC(C)CCCNS(=O)(=O)c1ccc(CNC2CC2)s1. The molecule has 1 aromatic heterocycles. The first-order chi connectivity index (χ1) is 9.47. The van der Waals surface area contributed by atoms with Crippen LogP contribution in [0.1, 0.15) is 44.4 Å². The van der Waals surface area contributed by atoms with Crippen LogP contribution in [-0.4, -0.2) is 21.0 Å². The maximum absolute atomic E-state index is 12.1. The van der Waals surface area contributed by atoms with Crippen molar-refractivity contribution in [2.24, 2.45) is 5.92 Å². The summed E-state index contributed by atoms with van der Waals surface area (Å²) in [6.45, 7) is 5.59. The van der Waals surface area contributed by atoms with Gasteiger partial charge in [-0.25, -0.2) is 13.1 Å². The summed E-state index contributed by atoms with van der Waals surface area (Å²) in [6.07, 6.45) is 4.42. The van der Waals surface area contributed by atoms with Gasteiger partial charge in [-0.2, -0.15) is 0 Å². The molecule has 1 heterocycles. The van der Waals surface area contributed by atoms with Gasteiger partial charge in [-0.3, -0.25) is 0 Å². The Labute approximate surface area is 126 Å². The summed E-state index contributed by atoms with van der Waals surface area (Å²) in [7, 11) is -3.32. The number of nitrogens with one attached hydrogen (secondary N) is 2. The van der Waals surface area contributed by atoms with Gasteiger partial charge in [-0.1, -0.05) is 13.8 Å². The Balaban J connectivity index is 1.81. The molecule has 0 amide bonds. The lowest BCUT2D eigenvalue weighted by molar-refractivity contribution is 0.540. The van der Waals surface area contributed by atoms with E-state index in [1.54, 1.807) is 6.07 Å². The van der Waals surface area contributed by atoms with E-state index in [0.29, 0.717) is 22.7 Å². The van der Waals surface area contributed by atoms with Crippen molar-refractivity contribution in [1.29, 1.82) is 0 Å². The van der Waals surface area contributed by atoms with Crippen molar-refractivity contribution >= 4 is 21.4 Å². The van der Waals surface area contributed by atoms with Crippen molar-refractivity contribution in [3.05, 3.63) is 17.0 Å². The standard InChI is InChI=1S/C14H24N2O2S2/c1-11(2)4-3-9-16-20(17,18)14-8-7-13(19-14)10-15-12-5-6-12/h7-8,11-12,15-16H,3-6,9-10H2,1-2H3. The van der Waals surface area contributed by atoms with Crippen LogP contribution >= 0.6 is 11.3 Å². The van der Waals surface area contributed by atoms with Gasteiger partial charge in [0.2, 0.25) is 10.0 Å². The van der Waals surface area contributed by atoms with Crippen LogP contribution in [0.3, 0.4) is 0 Å². The molecule has 0 aromatic carbocycles. The van der Waals surface area contributed by atoms with Crippen LogP contribution in [0.5, 0.6) is 0 Å². The van der Waals surface area contributed by atoms with Gasteiger partial charge in [-0.15, -0.1) is 11.3 Å². The van der Waals surface area contributed by atoms with E-state index < -0.39 is 10.0 Å². The minimum atomic E-state index is -3.32. The maximum Gasteiger partial charge on any atom is 0.250 e. The Kier molecular flexibility index (Phi) is 5.60. The summed E-state index contributed by atoms with van der Waals surface area (Å²) in [6, 6.07) is 4.26. The molecule has 1 aliphatic carbocycles. The first-order valence-corrected chi connectivity index (χ1v) is 9.59. The fourth-order valence-corrected chi connectivity index (χ4v) is 4.34. The van der Waals surface area contributed by atoms with Gasteiger partial charge in [0.25, 0.3) is 0 Å². The number of rotatable bonds is 9. The van der Waals surface area contributed by atoms with Gasteiger partial charge in [0.15, 0.2) is 0 Å². The van der Waals surface area contributed by atoms with Gasteiger partial charge in [-0.05, 0) is 43.7 Å². The van der Waals surface area contributed by atoms with E-state index in [0.717, 1.165) is 24.3 Å². The van der Waals surface area contributed by atoms with E-state index in [1.807, 2.05) is 6.07 Å². The van der Waals surface area contributed by atoms with Crippen LogP contribution in [0, 0.1) is 5.92 Å². The number of hydrogen-bond acceptors (Lipinski definition) is 4. The van der Waals surface area contributed by atoms with Gasteiger partial charge in [0.05, 0.1) is 0 Å². The van der Waals surface area contributed by atoms with E-state index in [1.165, 1.54) is 24.2 Å². The molecule has 0 bridgehead atoms. The lowest BCUT2D eigenvalue weighted by Crippen LogP contribution is -2.24. The largest absolute Gasteiger partial charge is 0.309 e. The van der Waals surface area contributed by atoms with E-state index >= 15 is 0 Å². The molecule has 0 spiro atoms. The quantitative estimate of drug-likeness (QED) is 0.689. The molecule has 0 radical (unpaired) electrons. The van der Waals surface area contributed by atoms with Crippen molar-refractivity contribution in [3.8, 4) is 0 Å². The Bertz CT molecular complexity index is 519. The summed E-state index contributed by atoms with van der Waals surface area (Å²) >= 11 is 1.36. The second-order valence-corrected chi connectivity index (χ2v) is 8.97. The molecule has 2 rings (SSSR count). The summed E-state index contributed by atoms with van der Waals surface area (Å²) in [5.41, 5.74) is 0. The van der Waals surface area contributed by atoms with Crippen LogP contribution in [0.4, 0.5) is 0 Å². The van der Waals surface area contributed by atoms with Gasteiger partial charge >= 0.3 is 0 Å². The third-order valence-corrected chi connectivity index (χ3v) is 6.33. The van der Waals surface area contributed by atoms with Crippen LogP contribution < -0.4 is 10.0 Å². The van der Waals surface area contributed by atoms with E-state index in [2.05, 4.69) is 23.9 Å². The summed E-state index contributed by atoms with van der Waals surface area (Å²) in [4.78, 5) is 1.08. The number of sulfonamides is 1. The zero-order valence-electron chi connectivity index (χ0n) is 12.2. The average molecular weight is 316 g/mol. The van der Waals surface area contributed by atoms with Crippen molar-refractivity contribution in [1.82, 2.24) is 10.0 Å². The molecule has 0 saturated heterocycles. The molecule has 0 aliphatic heterocycles. The molecule has 114 valence electrons. The van der Waals surface area contributed by atoms with Crippen molar-refractivity contribution in [2.45, 2.75) is 56.3 Å². The highest BCUT2D eigenvalue weighted by atomic mass is 32.2. The van der Waals surface area contributed by atoms with Gasteiger partial charge < -0.3 is 5.32 Å². The highest BCUT2D eigenvalue weighted by Crippen LogP contribution is 2.24. The average Bonchev–Trinajstić information content (AvgIpc) is 3.08. The van der Waals surface area contributed by atoms with Crippen LogP contribution in [0.2, 0.25) is 0 Å². The normalized spacial score (nSPS) is 15.9. The minimum Gasteiger partial charge on any atom is -0.309 e. The second-order valence-electron chi connectivity index (χ2n) is 5.81. The number of hydrogen-bond donors (Lipinski definition) is 2. The topological polar surface area (TPSA) is 58.2 Å². The number of thiophene rings is 1. The fraction of sp³-hybridized carbons (Fsp3) is 0.714. The van der Waals surface area contributed by atoms with Crippen LogP contribution in [0.15, 0.2) is 16.3 Å². The molecule has 1 aromatic rings. The highest BCUT2D eigenvalue weighted by molar-refractivity contribution is 7.91. The molecular weight excluding hydrogens is 292 g/mol. The lowest BCUT2D eigenvalue weighted by Gasteiger charge is -2.06. The van der Waals surface area contributed by atoms with E-state index in [9.17, 15) is 8.42 Å². The molecule has 1 saturated carbocycles. The molecule has 6 heteroatoms. The summed E-state index contributed by atoms with van der Waals surface area (Å²) in [5, 5.41) is 3.40. The van der Waals surface area contributed by atoms with Gasteiger partial charge in [0, 0.05) is 24.0 Å². The van der Waals surface area contributed by atoms with Crippen molar-refractivity contribution in [2.75, 3.05) is 6.54 Å². The highest BCUT2D eigenvalue weighted by Gasteiger charge is 2.21. The Morgan fingerprint density at radius 3 is 2.75 bits per heavy atom. The zero-order valence-corrected chi connectivity index (χ0v) is 13.8. The Hall–Kier alpha value is -0.430. The molecule has 1 aliphatic rings. The monoisotopic (exact) mass is 316 g/mol. The predicted octanol–water partition coefficient (Wildman–Crippen LogP) is 2.71. The molecule has 0 unspecified atom stereocenters. The molecule has 0 atom stereocenters. The third-order valence-electron chi connectivity index (χ3n) is 3.29. The molecule has 2 N–H and O–H groups in total. The molecule has 20 heavy (non-hydrogen) atoms. The maximum atomic E-state index is 12.1. The lowest BCUT2D eigenvalue weighted by atomic mass is 10.1. The first-order valence-electron chi connectivity index (χ1n) is 7.29. The summed E-state index contributed by atoms with van der Waals surface area (Å²) in [5.74, 6) is 0.612. The van der Waals surface area contributed by atoms with Crippen LogP contribution in [-0.2, 0) is 16.6 Å². The fourth-order valence-electron chi connectivity index (χ4n) is 1.92. The van der Waals surface area contributed by atoms with Gasteiger partial charge in [0.1, 0.15) is 4.21 Å². The zero-order chi connectivity index (χ0) is 14.6.